The minimum atomic E-state index is -0.0848. The molecule has 0 fully saturated rings. The molecule has 74 valence electrons. The molecule has 0 bridgehead atoms. The first kappa shape index (κ1) is 10.8. The Hall–Kier alpha value is -1.26. The highest BCUT2D eigenvalue weighted by Crippen LogP contribution is 2.24. The van der Waals surface area contributed by atoms with Crippen molar-refractivity contribution in [3.8, 4) is 11.8 Å². The van der Waals surface area contributed by atoms with Gasteiger partial charge in [-0.25, -0.2) is 0 Å². The van der Waals surface area contributed by atoms with Gasteiger partial charge in [0.15, 0.2) is 0 Å². The van der Waals surface area contributed by atoms with Gasteiger partial charge in [-0.3, -0.25) is 0 Å². The Morgan fingerprint density at radius 2 is 1.86 bits per heavy atom. The van der Waals surface area contributed by atoms with Crippen molar-refractivity contribution in [3.63, 3.8) is 0 Å². The lowest BCUT2D eigenvalue weighted by Gasteiger charge is -2.20. The predicted octanol–water partition coefficient (Wildman–Crippen LogP) is 2.33. The van der Waals surface area contributed by atoms with Crippen molar-refractivity contribution < 1.29 is 5.11 Å². The summed E-state index contributed by atoms with van der Waals surface area (Å²) < 4.78 is 0. The first-order chi connectivity index (χ1) is 6.55. The van der Waals surface area contributed by atoms with E-state index in [9.17, 15) is 0 Å². The van der Waals surface area contributed by atoms with Crippen LogP contribution in [-0.4, -0.2) is 11.7 Å². The van der Waals surface area contributed by atoms with Crippen molar-refractivity contribution >= 4 is 0 Å². The van der Waals surface area contributed by atoms with Crippen LogP contribution in [0.1, 0.15) is 31.9 Å². The number of hydrogen-bond donors (Lipinski definition) is 1. The predicted molar refractivity (Wildman–Crippen MR) is 59.1 cm³/mol. The second-order valence-electron chi connectivity index (χ2n) is 4.26. The smallest absolute Gasteiger partial charge is 0.104 e. The number of rotatable bonds is 0. The normalized spacial score (nSPS) is 10.6. The van der Waals surface area contributed by atoms with Gasteiger partial charge < -0.3 is 5.11 Å². The molecule has 1 aromatic carbocycles. The Bertz CT molecular complexity index is 361. The van der Waals surface area contributed by atoms with E-state index >= 15 is 0 Å². The molecule has 0 aliphatic rings. The molecule has 0 spiro atoms. The molecule has 0 radical (unpaired) electrons. The standard InChI is InChI=1S/C13H16O/c1-13(2,3)12-9-5-4-7-11(12)8-6-10-14/h4-5,7,9,14H,10H2,1-3H3. The summed E-state index contributed by atoms with van der Waals surface area (Å²) in [6.07, 6.45) is 0. The highest BCUT2D eigenvalue weighted by Gasteiger charge is 2.15. The van der Waals surface area contributed by atoms with Gasteiger partial charge in [-0.2, -0.15) is 0 Å². The van der Waals surface area contributed by atoms with Crippen molar-refractivity contribution in [1.82, 2.24) is 0 Å². The maximum atomic E-state index is 8.65. The highest BCUT2D eigenvalue weighted by molar-refractivity contribution is 5.44. The fourth-order valence-electron chi connectivity index (χ4n) is 1.38. The van der Waals surface area contributed by atoms with Gasteiger partial charge in [-0.15, -0.1) is 0 Å². The molecular formula is C13H16O. The minimum Gasteiger partial charge on any atom is -0.384 e. The first-order valence-corrected chi connectivity index (χ1v) is 4.75. The van der Waals surface area contributed by atoms with E-state index in [1.807, 2.05) is 18.2 Å². The SMILES string of the molecule is CC(C)(C)c1ccccc1C#CCO. The zero-order chi connectivity index (χ0) is 10.6. The lowest BCUT2D eigenvalue weighted by molar-refractivity contribution is 0.350. The summed E-state index contributed by atoms with van der Waals surface area (Å²) in [6, 6.07) is 8.06. The molecule has 1 heteroatoms. The Balaban J connectivity index is 3.16. The molecule has 0 atom stereocenters. The summed E-state index contributed by atoms with van der Waals surface area (Å²) in [5, 5.41) is 8.65. The van der Waals surface area contributed by atoms with Crippen LogP contribution in [0.25, 0.3) is 0 Å². The molecule has 1 nitrogen and oxygen atoms in total. The lowest BCUT2D eigenvalue weighted by Crippen LogP contribution is -2.12. The molecule has 14 heavy (non-hydrogen) atoms. The van der Waals surface area contributed by atoms with Crippen LogP contribution in [0.5, 0.6) is 0 Å². The van der Waals surface area contributed by atoms with Crippen LogP contribution in [-0.2, 0) is 5.41 Å². The van der Waals surface area contributed by atoms with E-state index in [2.05, 4.69) is 38.7 Å². The van der Waals surface area contributed by atoms with Gasteiger partial charge in [0.1, 0.15) is 6.61 Å². The Morgan fingerprint density at radius 1 is 1.21 bits per heavy atom. The topological polar surface area (TPSA) is 20.2 Å². The lowest BCUT2D eigenvalue weighted by atomic mass is 9.84. The molecule has 0 aliphatic carbocycles. The third kappa shape index (κ3) is 2.61. The maximum absolute atomic E-state index is 8.65. The van der Waals surface area contributed by atoms with E-state index in [4.69, 9.17) is 5.11 Å². The molecule has 0 aliphatic heterocycles. The van der Waals surface area contributed by atoms with Crippen molar-refractivity contribution in [2.24, 2.45) is 0 Å². The summed E-state index contributed by atoms with van der Waals surface area (Å²) in [6.45, 7) is 6.39. The third-order valence-corrected chi connectivity index (χ3v) is 2.04. The molecule has 0 saturated heterocycles. The van der Waals surface area contributed by atoms with E-state index in [-0.39, 0.29) is 12.0 Å². The quantitative estimate of drug-likeness (QED) is 0.619. The molecule has 1 aromatic rings. The van der Waals surface area contributed by atoms with Crippen LogP contribution < -0.4 is 0 Å². The fourth-order valence-corrected chi connectivity index (χ4v) is 1.38. The zero-order valence-electron chi connectivity index (χ0n) is 8.96. The van der Waals surface area contributed by atoms with Gasteiger partial charge in [0.25, 0.3) is 0 Å². The second-order valence-corrected chi connectivity index (χ2v) is 4.26. The fraction of sp³-hybridized carbons (Fsp3) is 0.385. The summed E-state index contributed by atoms with van der Waals surface area (Å²) in [5.41, 5.74) is 2.33. The van der Waals surface area contributed by atoms with Crippen molar-refractivity contribution in [3.05, 3.63) is 35.4 Å². The van der Waals surface area contributed by atoms with Gasteiger partial charge in [0.2, 0.25) is 0 Å². The molecule has 0 heterocycles. The third-order valence-electron chi connectivity index (χ3n) is 2.04. The number of aliphatic hydroxyl groups excluding tert-OH is 1. The average Bonchev–Trinajstić information content (AvgIpc) is 2.14. The summed E-state index contributed by atoms with van der Waals surface area (Å²) in [7, 11) is 0. The van der Waals surface area contributed by atoms with Crippen molar-refractivity contribution in [2.45, 2.75) is 26.2 Å². The molecule has 0 aromatic heterocycles. The number of hydrogen-bond acceptors (Lipinski definition) is 1. The zero-order valence-corrected chi connectivity index (χ0v) is 8.96. The van der Waals surface area contributed by atoms with E-state index in [0.717, 1.165) is 5.56 Å². The van der Waals surface area contributed by atoms with Crippen LogP contribution in [0, 0.1) is 11.8 Å². The van der Waals surface area contributed by atoms with E-state index in [1.165, 1.54) is 5.56 Å². The van der Waals surface area contributed by atoms with Crippen molar-refractivity contribution in [1.29, 1.82) is 0 Å². The van der Waals surface area contributed by atoms with Gasteiger partial charge in [0, 0.05) is 5.56 Å². The molecule has 1 rings (SSSR count). The largest absolute Gasteiger partial charge is 0.384 e. The van der Waals surface area contributed by atoms with E-state index < -0.39 is 0 Å². The molecule has 1 N–H and O–H groups in total. The first-order valence-electron chi connectivity index (χ1n) is 4.75. The van der Waals surface area contributed by atoms with Crippen LogP contribution in [0.3, 0.4) is 0 Å². The van der Waals surface area contributed by atoms with Gasteiger partial charge in [-0.05, 0) is 17.0 Å². The maximum Gasteiger partial charge on any atom is 0.104 e. The number of aliphatic hydroxyl groups is 1. The van der Waals surface area contributed by atoms with Gasteiger partial charge in [-0.1, -0.05) is 50.8 Å². The summed E-state index contributed by atoms with van der Waals surface area (Å²) in [4.78, 5) is 0. The van der Waals surface area contributed by atoms with Crippen LogP contribution >= 0.6 is 0 Å². The molecular weight excluding hydrogens is 172 g/mol. The van der Waals surface area contributed by atoms with Crippen LogP contribution in [0.15, 0.2) is 24.3 Å². The average molecular weight is 188 g/mol. The highest BCUT2D eigenvalue weighted by atomic mass is 16.2. The molecule has 0 amide bonds. The Morgan fingerprint density at radius 3 is 2.43 bits per heavy atom. The van der Waals surface area contributed by atoms with Gasteiger partial charge >= 0.3 is 0 Å². The molecule has 0 saturated carbocycles. The Labute approximate surface area is 85.8 Å². The molecule has 0 unspecified atom stereocenters. The minimum absolute atomic E-state index is 0.0848. The monoisotopic (exact) mass is 188 g/mol. The van der Waals surface area contributed by atoms with E-state index in [0.29, 0.717) is 0 Å². The number of benzene rings is 1. The van der Waals surface area contributed by atoms with Gasteiger partial charge in [0.05, 0.1) is 0 Å². The Kier molecular flexibility index (Phi) is 3.33. The van der Waals surface area contributed by atoms with Crippen LogP contribution in [0.2, 0.25) is 0 Å². The summed E-state index contributed by atoms with van der Waals surface area (Å²) in [5.74, 6) is 5.65. The van der Waals surface area contributed by atoms with Crippen LogP contribution in [0.4, 0.5) is 0 Å². The van der Waals surface area contributed by atoms with E-state index in [1.54, 1.807) is 0 Å². The summed E-state index contributed by atoms with van der Waals surface area (Å²) >= 11 is 0. The van der Waals surface area contributed by atoms with Crippen molar-refractivity contribution in [2.75, 3.05) is 6.61 Å². The second kappa shape index (κ2) is 4.30.